The number of nitrogens with one attached hydrogen (secondary N) is 1. The fraction of sp³-hybridized carbons (Fsp3) is 0.529. The molecule has 23 heavy (non-hydrogen) atoms. The van der Waals surface area contributed by atoms with Crippen LogP contribution in [0.1, 0.15) is 37.7 Å². The number of rotatable bonds is 5. The Morgan fingerprint density at radius 3 is 2.43 bits per heavy atom. The lowest BCUT2D eigenvalue weighted by Gasteiger charge is -2.34. The van der Waals surface area contributed by atoms with Crippen molar-refractivity contribution >= 4 is 12.0 Å². The van der Waals surface area contributed by atoms with Crippen molar-refractivity contribution < 1.29 is 19.4 Å². The summed E-state index contributed by atoms with van der Waals surface area (Å²) in [6, 6.07) is 6.91. The van der Waals surface area contributed by atoms with E-state index in [9.17, 15) is 14.7 Å². The molecule has 1 heterocycles. The molecule has 124 valence electrons. The van der Waals surface area contributed by atoms with Crippen LogP contribution in [0.15, 0.2) is 24.3 Å². The van der Waals surface area contributed by atoms with E-state index in [4.69, 9.17) is 4.74 Å². The third-order valence-electron chi connectivity index (χ3n) is 4.53. The Balaban J connectivity index is 1.59. The average Bonchev–Trinajstić information content (AvgIpc) is 2.55. The van der Waals surface area contributed by atoms with Gasteiger partial charge in [-0.3, -0.25) is 9.69 Å². The minimum absolute atomic E-state index is 0.205. The van der Waals surface area contributed by atoms with Gasteiger partial charge in [-0.25, -0.2) is 4.79 Å². The molecule has 0 aromatic heterocycles. The Hall–Kier alpha value is -2.24. The predicted molar refractivity (Wildman–Crippen MR) is 84.3 cm³/mol. The monoisotopic (exact) mass is 318 g/mol. The molecule has 6 heteroatoms. The second-order valence-electron chi connectivity index (χ2n) is 6.19. The highest BCUT2D eigenvalue weighted by Crippen LogP contribution is 2.24. The van der Waals surface area contributed by atoms with Gasteiger partial charge in [-0.15, -0.1) is 0 Å². The van der Waals surface area contributed by atoms with E-state index in [1.807, 2.05) is 24.3 Å². The van der Waals surface area contributed by atoms with E-state index in [-0.39, 0.29) is 12.5 Å². The highest BCUT2D eigenvalue weighted by atomic mass is 16.5. The van der Waals surface area contributed by atoms with E-state index < -0.39 is 12.1 Å². The van der Waals surface area contributed by atoms with Crippen LogP contribution in [-0.4, -0.2) is 40.7 Å². The number of nitrogens with zero attached hydrogens (tertiary/aromatic N) is 1. The summed E-state index contributed by atoms with van der Waals surface area (Å²) in [4.78, 5) is 23.9. The van der Waals surface area contributed by atoms with E-state index >= 15 is 0 Å². The standard InChI is InChI=1S/C17H22N2O4/c20-16-15(10-18-16)19(17(21)22)11-12-6-8-14(9-7-12)23-13-4-2-1-3-5-13/h6-9,13,15H,1-5,10-11H2,(H,18,20)(H,21,22)/t15-/m0/s1. The molecule has 1 saturated carbocycles. The van der Waals surface area contributed by atoms with E-state index in [1.165, 1.54) is 24.2 Å². The summed E-state index contributed by atoms with van der Waals surface area (Å²) in [5, 5.41) is 11.9. The molecule has 2 N–H and O–H groups in total. The predicted octanol–water partition coefficient (Wildman–Crippen LogP) is 2.38. The molecule has 1 atom stereocenters. The van der Waals surface area contributed by atoms with Crippen molar-refractivity contribution in [3.63, 3.8) is 0 Å². The molecule has 2 aliphatic rings. The largest absolute Gasteiger partial charge is 0.490 e. The van der Waals surface area contributed by atoms with Crippen molar-refractivity contribution in [3.05, 3.63) is 29.8 Å². The van der Waals surface area contributed by atoms with Crippen molar-refractivity contribution in [2.75, 3.05) is 6.54 Å². The van der Waals surface area contributed by atoms with Gasteiger partial charge in [0.05, 0.1) is 6.10 Å². The van der Waals surface area contributed by atoms with Crippen LogP contribution in [0.25, 0.3) is 0 Å². The second-order valence-corrected chi connectivity index (χ2v) is 6.19. The van der Waals surface area contributed by atoms with Gasteiger partial charge in [0.15, 0.2) is 0 Å². The van der Waals surface area contributed by atoms with Crippen molar-refractivity contribution in [1.82, 2.24) is 10.2 Å². The first-order valence-electron chi connectivity index (χ1n) is 8.16. The van der Waals surface area contributed by atoms with Crippen LogP contribution < -0.4 is 10.1 Å². The maximum absolute atomic E-state index is 11.4. The lowest BCUT2D eigenvalue weighted by atomic mass is 9.98. The van der Waals surface area contributed by atoms with Crippen molar-refractivity contribution in [2.45, 2.75) is 50.8 Å². The molecular formula is C17H22N2O4. The van der Waals surface area contributed by atoms with Gasteiger partial charge in [-0.2, -0.15) is 0 Å². The molecule has 0 spiro atoms. The summed E-state index contributed by atoms with van der Waals surface area (Å²) >= 11 is 0. The summed E-state index contributed by atoms with van der Waals surface area (Å²) in [6.45, 7) is 0.588. The Morgan fingerprint density at radius 1 is 1.22 bits per heavy atom. The molecule has 3 rings (SSSR count). The number of ether oxygens (including phenoxy) is 1. The lowest BCUT2D eigenvalue weighted by Crippen LogP contribution is -2.62. The molecule has 1 aliphatic heterocycles. The molecule has 0 unspecified atom stereocenters. The van der Waals surface area contributed by atoms with Gasteiger partial charge in [0.1, 0.15) is 11.8 Å². The number of carbonyl (C=O) groups is 2. The van der Waals surface area contributed by atoms with Crippen LogP contribution in [-0.2, 0) is 11.3 Å². The van der Waals surface area contributed by atoms with E-state index in [1.54, 1.807) is 0 Å². The van der Waals surface area contributed by atoms with Gasteiger partial charge in [0, 0.05) is 13.1 Å². The average molecular weight is 318 g/mol. The Morgan fingerprint density at radius 2 is 1.91 bits per heavy atom. The molecule has 1 aromatic rings. The molecule has 2 amide bonds. The molecular weight excluding hydrogens is 296 g/mol. The van der Waals surface area contributed by atoms with E-state index in [0.717, 1.165) is 24.2 Å². The van der Waals surface area contributed by atoms with Crippen LogP contribution in [0.2, 0.25) is 0 Å². The van der Waals surface area contributed by atoms with Crippen LogP contribution in [0.5, 0.6) is 5.75 Å². The Bertz CT molecular complexity index is 566. The molecule has 1 saturated heterocycles. The van der Waals surface area contributed by atoms with Gasteiger partial charge in [0.25, 0.3) is 0 Å². The summed E-state index contributed by atoms with van der Waals surface area (Å²) in [6.07, 6.45) is 5.16. The first-order chi connectivity index (χ1) is 11.1. The quantitative estimate of drug-likeness (QED) is 0.817. The number of hydrogen-bond acceptors (Lipinski definition) is 3. The van der Waals surface area contributed by atoms with Crippen LogP contribution >= 0.6 is 0 Å². The number of carboxylic acid groups (broad SMARTS) is 1. The van der Waals surface area contributed by atoms with Gasteiger partial charge in [-0.1, -0.05) is 18.6 Å². The first-order valence-corrected chi connectivity index (χ1v) is 8.16. The van der Waals surface area contributed by atoms with Gasteiger partial charge in [-0.05, 0) is 43.4 Å². The third kappa shape index (κ3) is 3.75. The normalized spacial score (nSPS) is 21.2. The molecule has 1 aliphatic carbocycles. The van der Waals surface area contributed by atoms with Crippen LogP contribution in [0, 0.1) is 0 Å². The Labute approximate surface area is 135 Å². The van der Waals surface area contributed by atoms with E-state index in [2.05, 4.69) is 5.32 Å². The van der Waals surface area contributed by atoms with Crippen LogP contribution in [0.3, 0.4) is 0 Å². The smallest absolute Gasteiger partial charge is 0.408 e. The second kappa shape index (κ2) is 6.89. The fourth-order valence-corrected chi connectivity index (χ4v) is 3.09. The number of β-lactam (4-membered cyclic amide) rings is 1. The van der Waals surface area contributed by atoms with E-state index in [0.29, 0.717) is 12.6 Å². The highest BCUT2D eigenvalue weighted by molar-refractivity contribution is 5.90. The van der Waals surface area contributed by atoms with Crippen molar-refractivity contribution in [1.29, 1.82) is 0 Å². The number of amides is 2. The molecule has 0 radical (unpaired) electrons. The summed E-state index contributed by atoms with van der Waals surface area (Å²) in [5.74, 6) is 0.591. The molecule has 1 aromatic carbocycles. The Kier molecular flexibility index (Phi) is 4.69. The molecule has 0 bridgehead atoms. The maximum Gasteiger partial charge on any atom is 0.408 e. The first kappa shape index (κ1) is 15.6. The fourth-order valence-electron chi connectivity index (χ4n) is 3.09. The minimum atomic E-state index is -1.08. The third-order valence-corrected chi connectivity index (χ3v) is 4.53. The topological polar surface area (TPSA) is 78.9 Å². The molecule has 6 nitrogen and oxygen atoms in total. The van der Waals surface area contributed by atoms with Crippen molar-refractivity contribution in [2.24, 2.45) is 0 Å². The zero-order chi connectivity index (χ0) is 16.2. The van der Waals surface area contributed by atoms with Crippen molar-refractivity contribution in [3.8, 4) is 5.75 Å². The highest BCUT2D eigenvalue weighted by Gasteiger charge is 2.36. The summed E-state index contributed by atoms with van der Waals surface area (Å²) in [5.41, 5.74) is 0.850. The zero-order valence-corrected chi connectivity index (χ0v) is 13.0. The zero-order valence-electron chi connectivity index (χ0n) is 13.0. The molecule has 2 fully saturated rings. The van der Waals surface area contributed by atoms with Crippen LogP contribution in [0.4, 0.5) is 4.79 Å². The maximum atomic E-state index is 11.4. The summed E-state index contributed by atoms with van der Waals surface area (Å²) < 4.78 is 5.97. The summed E-state index contributed by atoms with van der Waals surface area (Å²) in [7, 11) is 0. The van der Waals surface area contributed by atoms with Gasteiger partial charge in [0.2, 0.25) is 5.91 Å². The van der Waals surface area contributed by atoms with Gasteiger partial charge >= 0.3 is 6.09 Å². The number of hydrogen-bond donors (Lipinski definition) is 2. The number of carbonyl (C=O) groups excluding carboxylic acids is 1. The lowest BCUT2D eigenvalue weighted by molar-refractivity contribution is -0.132. The minimum Gasteiger partial charge on any atom is -0.490 e. The van der Waals surface area contributed by atoms with Gasteiger partial charge < -0.3 is 15.2 Å². The number of benzene rings is 1. The SMILES string of the molecule is O=C1NC[C@@H]1N(Cc1ccc(OC2CCCCC2)cc1)C(=O)O.